The maximum absolute atomic E-state index is 12.3. The summed E-state index contributed by atoms with van der Waals surface area (Å²) in [6, 6.07) is 10.8. The van der Waals surface area contributed by atoms with Gasteiger partial charge in [-0.15, -0.1) is 0 Å². The van der Waals surface area contributed by atoms with Gasteiger partial charge in [0, 0.05) is 5.69 Å². The lowest BCUT2D eigenvalue weighted by molar-refractivity contribution is -0.113. The molecule has 0 spiro atoms. The number of hydrogen-bond acceptors (Lipinski definition) is 5. The van der Waals surface area contributed by atoms with Crippen LogP contribution in [-0.2, 0) is 11.3 Å². The molecule has 2 aromatic carbocycles. The van der Waals surface area contributed by atoms with Crippen LogP contribution in [0.5, 0.6) is 0 Å². The van der Waals surface area contributed by atoms with Crippen molar-refractivity contribution in [1.29, 1.82) is 0 Å². The second-order valence-electron chi connectivity index (χ2n) is 5.71. The van der Waals surface area contributed by atoms with E-state index in [0.29, 0.717) is 21.4 Å². The van der Waals surface area contributed by atoms with Crippen LogP contribution in [0.4, 0.5) is 5.69 Å². The van der Waals surface area contributed by atoms with E-state index in [1.54, 1.807) is 25.1 Å². The summed E-state index contributed by atoms with van der Waals surface area (Å²) >= 11 is 11.9. The molecule has 0 atom stereocenters. The number of nitrogens with one attached hydrogen (secondary N) is 1. The zero-order chi connectivity index (χ0) is 20.1. The van der Waals surface area contributed by atoms with E-state index in [1.807, 2.05) is 0 Å². The first-order chi connectivity index (χ1) is 12.7. The minimum absolute atomic E-state index is 0.0696. The molecule has 9 heteroatoms. The Bertz CT molecular complexity index is 898. The quantitative estimate of drug-likeness (QED) is 0.330. The van der Waals surface area contributed by atoms with Gasteiger partial charge in [0.15, 0.2) is 0 Å². The van der Waals surface area contributed by atoms with Crippen LogP contribution < -0.4 is 16.9 Å². The Morgan fingerprint density at radius 1 is 1.11 bits per heavy atom. The molecule has 142 valence electrons. The second-order valence-corrected chi connectivity index (χ2v) is 6.53. The summed E-state index contributed by atoms with van der Waals surface area (Å²) in [7, 11) is 0. The van der Waals surface area contributed by atoms with Crippen molar-refractivity contribution < 1.29 is 14.7 Å². The molecule has 0 heterocycles. The number of benzene rings is 2. The number of halogens is 2. The lowest BCUT2D eigenvalue weighted by Gasteiger charge is -2.21. The molecule has 0 aromatic heterocycles. The number of carbonyl (C=O) groups is 2. The fraction of sp³-hybridized carbons (Fsp3) is 0.111. The number of allylic oxidation sites excluding steroid dienone is 1. The van der Waals surface area contributed by atoms with Crippen molar-refractivity contribution in [2.45, 2.75) is 13.5 Å². The highest BCUT2D eigenvalue weighted by Gasteiger charge is 2.14. The molecule has 2 aromatic rings. The van der Waals surface area contributed by atoms with Gasteiger partial charge in [-0.05, 0) is 48.9 Å². The maximum atomic E-state index is 12.3. The molecular weight excluding hydrogens is 391 g/mol. The van der Waals surface area contributed by atoms with Crippen LogP contribution in [0.1, 0.15) is 22.8 Å². The van der Waals surface area contributed by atoms with Gasteiger partial charge in [-0.2, -0.15) is 0 Å². The first kappa shape index (κ1) is 20.6. The minimum Gasteiger partial charge on any atom is -0.478 e. The summed E-state index contributed by atoms with van der Waals surface area (Å²) in [4.78, 5) is 23.1. The highest BCUT2D eigenvalue weighted by molar-refractivity contribution is 6.42. The Labute approximate surface area is 166 Å². The van der Waals surface area contributed by atoms with Crippen molar-refractivity contribution in [3.63, 3.8) is 0 Å². The summed E-state index contributed by atoms with van der Waals surface area (Å²) < 4.78 is 0. The van der Waals surface area contributed by atoms with Gasteiger partial charge in [-0.25, -0.2) is 10.6 Å². The standard InChI is InChI=1S/C18H18Cl2N4O3/c1-10(24(22)9-11-2-7-14(19)15(20)8-11)16(21)17(25)23-13-5-3-12(4-6-13)18(26)27/h2-8H,9,21-22H2,1H3,(H,23,25)(H,26,27)/b16-10-. The smallest absolute Gasteiger partial charge is 0.335 e. The zero-order valence-corrected chi connectivity index (χ0v) is 15.9. The molecule has 0 saturated carbocycles. The van der Waals surface area contributed by atoms with Crippen LogP contribution >= 0.6 is 23.2 Å². The van der Waals surface area contributed by atoms with Gasteiger partial charge in [-0.3, -0.25) is 4.79 Å². The number of carboxylic acid groups (broad SMARTS) is 1. The third-order valence-electron chi connectivity index (χ3n) is 3.79. The molecule has 0 unspecified atom stereocenters. The van der Waals surface area contributed by atoms with E-state index >= 15 is 0 Å². The predicted octanol–water partition coefficient (Wildman–Crippen LogP) is 3.20. The minimum atomic E-state index is -1.05. The molecule has 0 aliphatic carbocycles. The Balaban J connectivity index is 2.08. The number of hydrazine groups is 1. The van der Waals surface area contributed by atoms with E-state index in [9.17, 15) is 9.59 Å². The van der Waals surface area contributed by atoms with Gasteiger partial charge in [0.25, 0.3) is 5.91 Å². The summed E-state index contributed by atoms with van der Waals surface area (Å²) in [5.41, 5.74) is 7.51. The number of amides is 1. The van der Waals surface area contributed by atoms with E-state index in [-0.39, 0.29) is 17.8 Å². The van der Waals surface area contributed by atoms with Crippen molar-refractivity contribution in [3.8, 4) is 0 Å². The molecule has 0 bridgehead atoms. The number of carbonyl (C=O) groups excluding carboxylic acids is 1. The van der Waals surface area contributed by atoms with Crippen LogP contribution in [-0.4, -0.2) is 22.0 Å². The fourth-order valence-electron chi connectivity index (χ4n) is 2.17. The molecule has 1 amide bonds. The van der Waals surface area contributed by atoms with Gasteiger partial charge in [0.1, 0.15) is 5.70 Å². The number of carboxylic acids is 1. The summed E-state index contributed by atoms with van der Waals surface area (Å²) in [6.45, 7) is 1.88. The van der Waals surface area contributed by atoms with E-state index in [0.717, 1.165) is 5.56 Å². The topological polar surface area (TPSA) is 122 Å². The molecule has 0 aliphatic rings. The van der Waals surface area contributed by atoms with Gasteiger partial charge in [0.05, 0.1) is 27.9 Å². The Kier molecular flexibility index (Phi) is 6.68. The van der Waals surface area contributed by atoms with Crippen molar-refractivity contribution >= 4 is 40.8 Å². The molecule has 7 nitrogen and oxygen atoms in total. The molecule has 0 fully saturated rings. The molecule has 0 aliphatic heterocycles. The van der Waals surface area contributed by atoms with Crippen molar-refractivity contribution in [2.24, 2.45) is 11.6 Å². The number of anilines is 1. The third-order valence-corrected chi connectivity index (χ3v) is 4.53. The predicted molar refractivity (Wildman–Crippen MR) is 105 cm³/mol. The molecule has 27 heavy (non-hydrogen) atoms. The normalized spacial score (nSPS) is 11.6. The van der Waals surface area contributed by atoms with Crippen molar-refractivity contribution in [3.05, 3.63) is 75.0 Å². The summed E-state index contributed by atoms with van der Waals surface area (Å²) in [5, 5.41) is 13.6. The number of rotatable bonds is 6. The van der Waals surface area contributed by atoms with Crippen LogP contribution in [0.25, 0.3) is 0 Å². The van der Waals surface area contributed by atoms with Gasteiger partial charge in [-0.1, -0.05) is 29.3 Å². The van der Waals surface area contributed by atoms with Crippen molar-refractivity contribution in [1.82, 2.24) is 5.01 Å². The van der Waals surface area contributed by atoms with Crippen molar-refractivity contribution in [2.75, 3.05) is 5.32 Å². The second kappa shape index (κ2) is 8.77. The van der Waals surface area contributed by atoms with Gasteiger partial charge >= 0.3 is 5.97 Å². The average molecular weight is 409 g/mol. The van der Waals surface area contributed by atoms with Crippen LogP contribution in [0, 0.1) is 0 Å². The highest BCUT2D eigenvalue weighted by Crippen LogP contribution is 2.23. The number of nitrogens with zero attached hydrogens (tertiary/aromatic N) is 1. The lowest BCUT2D eigenvalue weighted by atomic mass is 10.2. The number of hydrogen-bond donors (Lipinski definition) is 4. The largest absolute Gasteiger partial charge is 0.478 e. The lowest BCUT2D eigenvalue weighted by Crippen LogP contribution is -2.33. The van der Waals surface area contributed by atoms with Crippen LogP contribution in [0.15, 0.2) is 53.9 Å². The number of aromatic carboxylic acids is 1. The summed E-state index contributed by atoms with van der Waals surface area (Å²) in [6.07, 6.45) is 0. The highest BCUT2D eigenvalue weighted by atomic mass is 35.5. The van der Waals surface area contributed by atoms with E-state index in [1.165, 1.54) is 29.3 Å². The fourth-order valence-corrected chi connectivity index (χ4v) is 2.49. The van der Waals surface area contributed by atoms with Gasteiger partial charge in [0.2, 0.25) is 0 Å². The first-order valence-corrected chi connectivity index (χ1v) is 8.52. The van der Waals surface area contributed by atoms with E-state index in [2.05, 4.69) is 5.32 Å². The van der Waals surface area contributed by atoms with E-state index in [4.69, 9.17) is 39.9 Å². The Morgan fingerprint density at radius 3 is 2.30 bits per heavy atom. The van der Waals surface area contributed by atoms with Crippen LogP contribution in [0.2, 0.25) is 10.0 Å². The zero-order valence-electron chi connectivity index (χ0n) is 14.4. The molecule has 0 radical (unpaired) electrons. The molecule has 0 saturated heterocycles. The van der Waals surface area contributed by atoms with Crippen LogP contribution in [0.3, 0.4) is 0 Å². The van der Waals surface area contributed by atoms with E-state index < -0.39 is 11.9 Å². The average Bonchev–Trinajstić information content (AvgIpc) is 2.63. The van der Waals surface area contributed by atoms with Gasteiger partial charge < -0.3 is 21.2 Å². The molecule has 2 rings (SSSR count). The SMILES string of the molecule is C/C(=C(/N)C(=O)Nc1ccc(C(=O)O)cc1)N(N)Cc1ccc(Cl)c(Cl)c1. The maximum Gasteiger partial charge on any atom is 0.335 e. The molecule has 6 N–H and O–H groups in total. The third kappa shape index (κ3) is 5.37. The monoisotopic (exact) mass is 408 g/mol. The Hall–Kier alpha value is -2.74. The Morgan fingerprint density at radius 2 is 1.74 bits per heavy atom. The summed E-state index contributed by atoms with van der Waals surface area (Å²) in [5.74, 6) is 4.39. The number of nitrogens with two attached hydrogens (primary N) is 2. The molecular formula is C18H18Cl2N4O3. The first-order valence-electron chi connectivity index (χ1n) is 7.76.